The molecular weight excluding hydrogens is 248 g/mol. The molecule has 2 fully saturated rings. The molecule has 1 aliphatic heterocycles. The normalized spacial score (nSPS) is 28.8. The van der Waals surface area contributed by atoms with Crippen molar-refractivity contribution in [3.63, 3.8) is 0 Å². The molecule has 3 heteroatoms. The molecule has 0 aromatic carbocycles. The number of unbranched alkanes of at least 4 members (excludes halogenated alkanes) is 1. The number of rotatable bonds is 7. The third-order valence-corrected chi connectivity index (χ3v) is 4.80. The summed E-state index contributed by atoms with van der Waals surface area (Å²) in [7, 11) is 0. The Kier molecular flexibility index (Phi) is 5.88. The monoisotopic (exact) mass is 282 g/mol. The third-order valence-electron chi connectivity index (χ3n) is 4.80. The van der Waals surface area contributed by atoms with E-state index in [-0.39, 0.29) is 0 Å². The lowest BCUT2D eigenvalue weighted by Gasteiger charge is -2.46. The minimum absolute atomic E-state index is 0.338. The summed E-state index contributed by atoms with van der Waals surface area (Å²) < 4.78 is 5.79. The van der Waals surface area contributed by atoms with E-state index in [2.05, 4.69) is 37.9 Å². The standard InChI is InChI=1S/C17H34N2O/c1-5-6-10-20-11-9-19-13-15(14-7-8-14)18-12-16(19)17(2,3)4/h14-16,18H,5-13H2,1-4H3. The Balaban J connectivity index is 1.81. The van der Waals surface area contributed by atoms with Crippen LogP contribution in [0.4, 0.5) is 0 Å². The lowest BCUT2D eigenvalue weighted by Crippen LogP contribution is -2.61. The average molecular weight is 282 g/mol. The van der Waals surface area contributed by atoms with Gasteiger partial charge in [0, 0.05) is 38.3 Å². The van der Waals surface area contributed by atoms with Crippen LogP contribution in [0.15, 0.2) is 0 Å². The molecule has 0 aromatic heterocycles. The predicted octanol–water partition coefficient (Wildman–Crippen LogP) is 2.90. The maximum Gasteiger partial charge on any atom is 0.0593 e. The largest absolute Gasteiger partial charge is 0.380 e. The summed E-state index contributed by atoms with van der Waals surface area (Å²) in [5.41, 5.74) is 0.338. The van der Waals surface area contributed by atoms with Crippen LogP contribution in [-0.2, 0) is 4.74 Å². The summed E-state index contributed by atoms with van der Waals surface area (Å²) >= 11 is 0. The number of ether oxygens (including phenoxy) is 1. The molecule has 0 amide bonds. The Morgan fingerprint density at radius 3 is 2.55 bits per heavy atom. The van der Waals surface area contributed by atoms with Crippen LogP contribution in [-0.4, -0.2) is 49.8 Å². The fourth-order valence-electron chi connectivity index (χ4n) is 3.28. The summed E-state index contributed by atoms with van der Waals surface area (Å²) in [5.74, 6) is 0.944. The second-order valence-corrected chi connectivity index (χ2v) is 7.69. The van der Waals surface area contributed by atoms with Crippen molar-refractivity contribution in [3.8, 4) is 0 Å². The molecule has 1 saturated carbocycles. The van der Waals surface area contributed by atoms with Gasteiger partial charge in [0.05, 0.1) is 6.61 Å². The van der Waals surface area contributed by atoms with Crippen LogP contribution in [0.3, 0.4) is 0 Å². The molecule has 2 rings (SSSR count). The summed E-state index contributed by atoms with van der Waals surface area (Å²) in [6.45, 7) is 14.6. The maximum absolute atomic E-state index is 5.79. The number of nitrogens with one attached hydrogen (secondary N) is 1. The van der Waals surface area contributed by atoms with Gasteiger partial charge in [-0.05, 0) is 30.6 Å². The van der Waals surface area contributed by atoms with Gasteiger partial charge in [0.1, 0.15) is 0 Å². The zero-order valence-corrected chi connectivity index (χ0v) is 14.0. The topological polar surface area (TPSA) is 24.5 Å². The van der Waals surface area contributed by atoms with Crippen molar-refractivity contribution < 1.29 is 4.74 Å². The zero-order chi connectivity index (χ0) is 14.6. The van der Waals surface area contributed by atoms with E-state index in [1.165, 1.54) is 32.2 Å². The van der Waals surface area contributed by atoms with E-state index in [9.17, 15) is 0 Å². The molecule has 1 aliphatic carbocycles. The molecule has 1 heterocycles. The van der Waals surface area contributed by atoms with Gasteiger partial charge < -0.3 is 10.1 Å². The summed E-state index contributed by atoms with van der Waals surface area (Å²) in [6.07, 6.45) is 5.27. The number of hydrogen-bond acceptors (Lipinski definition) is 3. The molecule has 2 unspecified atom stereocenters. The second-order valence-electron chi connectivity index (χ2n) is 7.69. The van der Waals surface area contributed by atoms with Gasteiger partial charge in [-0.15, -0.1) is 0 Å². The summed E-state index contributed by atoms with van der Waals surface area (Å²) in [5, 5.41) is 3.80. The lowest BCUT2D eigenvalue weighted by atomic mass is 9.83. The van der Waals surface area contributed by atoms with E-state index in [0.29, 0.717) is 11.5 Å². The third kappa shape index (κ3) is 4.71. The zero-order valence-electron chi connectivity index (χ0n) is 14.0. The van der Waals surface area contributed by atoms with Crippen LogP contribution >= 0.6 is 0 Å². The van der Waals surface area contributed by atoms with Crippen LogP contribution in [0.25, 0.3) is 0 Å². The highest BCUT2D eigenvalue weighted by Gasteiger charge is 2.40. The second kappa shape index (κ2) is 7.24. The van der Waals surface area contributed by atoms with Gasteiger partial charge in [0.2, 0.25) is 0 Å². The molecular formula is C17H34N2O. The molecule has 1 saturated heterocycles. The van der Waals surface area contributed by atoms with Crippen LogP contribution in [0.2, 0.25) is 0 Å². The van der Waals surface area contributed by atoms with Crippen molar-refractivity contribution >= 4 is 0 Å². The average Bonchev–Trinajstić information content (AvgIpc) is 3.21. The van der Waals surface area contributed by atoms with E-state index in [0.717, 1.165) is 38.3 Å². The smallest absolute Gasteiger partial charge is 0.0593 e. The van der Waals surface area contributed by atoms with Gasteiger partial charge in [-0.3, -0.25) is 4.90 Å². The first-order chi connectivity index (χ1) is 9.52. The van der Waals surface area contributed by atoms with Gasteiger partial charge in [0.15, 0.2) is 0 Å². The van der Waals surface area contributed by atoms with Crippen molar-refractivity contribution in [1.29, 1.82) is 0 Å². The van der Waals surface area contributed by atoms with Gasteiger partial charge in [0.25, 0.3) is 0 Å². The quantitative estimate of drug-likeness (QED) is 0.727. The summed E-state index contributed by atoms with van der Waals surface area (Å²) in [6, 6.07) is 1.36. The van der Waals surface area contributed by atoms with Crippen molar-refractivity contribution in [2.45, 2.75) is 65.5 Å². The molecule has 0 aromatic rings. The Morgan fingerprint density at radius 2 is 1.95 bits per heavy atom. The highest BCUT2D eigenvalue weighted by Crippen LogP contribution is 2.36. The Morgan fingerprint density at radius 1 is 1.20 bits per heavy atom. The summed E-state index contributed by atoms with van der Waals surface area (Å²) in [4.78, 5) is 2.69. The maximum atomic E-state index is 5.79. The fraction of sp³-hybridized carbons (Fsp3) is 1.00. The molecule has 0 spiro atoms. The van der Waals surface area contributed by atoms with Gasteiger partial charge in [-0.25, -0.2) is 0 Å². The van der Waals surface area contributed by atoms with Crippen molar-refractivity contribution in [2.24, 2.45) is 11.3 Å². The first kappa shape index (κ1) is 16.3. The van der Waals surface area contributed by atoms with E-state index in [1.54, 1.807) is 0 Å². The van der Waals surface area contributed by atoms with Crippen molar-refractivity contribution in [3.05, 3.63) is 0 Å². The molecule has 2 aliphatic rings. The molecule has 1 N–H and O–H groups in total. The predicted molar refractivity (Wildman–Crippen MR) is 85.1 cm³/mol. The first-order valence-electron chi connectivity index (χ1n) is 8.57. The minimum atomic E-state index is 0.338. The highest BCUT2D eigenvalue weighted by atomic mass is 16.5. The SMILES string of the molecule is CCCCOCCN1CC(C2CC2)NCC1C(C)(C)C. The van der Waals surface area contributed by atoms with Crippen molar-refractivity contribution in [1.82, 2.24) is 10.2 Å². The Bertz CT molecular complexity index is 283. The van der Waals surface area contributed by atoms with Crippen LogP contribution in [0, 0.1) is 11.3 Å². The van der Waals surface area contributed by atoms with Gasteiger partial charge >= 0.3 is 0 Å². The van der Waals surface area contributed by atoms with E-state index in [4.69, 9.17) is 4.74 Å². The number of hydrogen-bond donors (Lipinski definition) is 1. The van der Waals surface area contributed by atoms with E-state index in [1.807, 2.05) is 0 Å². The van der Waals surface area contributed by atoms with Gasteiger partial charge in [-0.2, -0.15) is 0 Å². The molecule has 2 atom stereocenters. The molecule has 118 valence electrons. The highest BCUT2D eigenvalue weighted by molar-refractivity contribution is 4.97. The van der Waals surface area contributed by atoms with Crippen LogP contribution < -0.4 is 5.32 Å². The van der Waals surface area contributed by atoms with E-state index < -0.39 is 0 Å². The molecule has 0 radical (unpaired) electrons. The Labute approximate surface area is 125 Å². The number of nitrogens with zero attached hydrogens (tertiary/aromatic N) is 1. The van der Waals surface area contributed by atoms with Gasteiger partial charge in [-0.1, -0.05) is 34.1 Å². The first-order valence-corrected chi connectivity index (χ1v) is 8.57. The minimum Gasteiger partial charge on any atom is -0.380 e. The Hall–Kier alpha value is -0.120. The molecule has 0 bridgehead atoms. The van der Waals surface area contributed by atoms with Crippen LogP contribution in [0.1, 0.15) is 53.4 Å². The molecule has 20 heavy (non-hydrogen) atoms. The molecule has 3 nitrogen and oxygen atoms in total. The van der Waals surface area contributed by atoms with E-state index >= 15 is 0 Å². The van der Waals surface area contributed by atoms with Crippen molar-refractivity contribution in [2.75, 3.05) is 32.8 Å². The lowest BCUT2D eigenvalue weighted by molar-refractivity contribution is 0.0215. The number of piperazine rings is 1. The van der Waals surface area contributed by atoms with Crippen LogP contribution in [0.5, 0.6) is 0 Å². The fourth-order valence-corrected chi connectivity index (χ4v) is 3.28.